The Morgan fingerprint density at radius 1 is 1.00 bits per heavy atom. The SMILES string of the molecule is O=C(NCCC1=CCCCC1)c1cc(N2CCN(c3ncccn3)CC2)ccn1. The molecule has 3 heterocycles. The minimum absolute atomic E-state index is 0.0976. The lowest BCUT2D eigenvalue weighted by atomic mass is 9.97. The number of pyridine rings is 1. The number of rotatable bonds is 6. The van der Waals surface area contributed by atoms with E-state index in [1.807, 2.05) is 18.2 Å². The highest BCUT2D eigenvalue weighted by Crippen LogP contribution is 2.20. The molecule has 7 nitrogen and oxygen atoms in total. The minimum atomic E-state index is -0.0976. The number of anilines is 2. The summed E-state index contributed by atoms with van der Waals surface area (Å²) < 4.78 is 0. The van der Waals surface area contributed by atoms with Gasteiger partial charge in [0, 0.05) is 57.0 Å². The maximum absolute atomic E-state index is 12.5. The van der Waals surface area contributed by atoms with Crippen LogP contribution in [0.2, 0.25) is 0 Å². The number of hydrogen-bond acceptors (Lipinski definition) is 6. The van der Waals surface area contributed by atoms with Crippen molar-refractivity contribution in [3.05, 3.63) is 54.1 Å². The van der Waals surface area contributed by atoms with Crippen molar-refractivity contribution in [2.45, 2.75) is 32.1 Å². The van der Waals surface area contributed by atoms with Gasteiger partial charge >= 0.3 is 0 Å². The van der Waals surface area contributed by atoms with Gasteiger partial charge in [-0.25, -0.2) is 9.97 Å². The first-order chi connectivity index (χ1) is 14.3. The second-order valence-corrected chi connectivity index (χ2v) is 7.54. The monoisotopic (exact) mass is 392 g/mol. The van der Waals surface area contributed by atoms with Gasteiger partial charge in [0.2, 0.25) is 5.95 Å². The lowest BCUT2D eigenvalue weighted by Crippen LogP contribution is -2.47. The number of aromatic nitrogens is 3. The number of hydrogen-bond donors (Lipinski definition) is 1. The fourth-order valence-electron chi connectivity index (χ4n) is 3.92. The van der Waals surface area contributed by atoms with Crippen LogP contribution in [0.1, 0.15) is 42.6 Å². The molecule has 0 saturated carbocycles. The van der Waals surface area contributed by atoms with E-state index in [1.165, 1.54) is 31.3 Å². The maximum Gasteiger partial charge on any atom is 0.269 e. The van der Waals surface area contributed by atoms with E-state index in [1.54, 1.807) is 18.6 Å². The molecule has 0 radical (unpaired) electrons. The molecule has 1 fully saturated rings. The third kappa shape index (κ3) is 5.10. The molecule has 2 aliphatic rings. The molecular formula is C22H28N6O. The van der Waals surface area contributed by atoms with E-state index < -0.39 is 0 Å². The van der Waals surface area contributed by atoms with Gasteiger partial charge in [-0.05, 0) is 50.3 Å². The number of carbonyl (C=O) groups excluding carboxylic acids is 1. The predicted octanol–water partition coefficient (Wildman–Crippen LogP) is 2.82. The summed E-state index contributed by atoms with van der Waals surface area (Å²) in [6.07, 6.45) is 13.4. The van der Waals surface area contributed by atoms with Crippen LogP contribution in [0, 0.1) is 0 Å². The first-order valence-electron chi connectivity index (χ1n) is 10.5. The number of amides is 1. The van der Waals surface area contributed by atoms with Gasteiger partial charge in [0.25, 0.3) is 5.91 Å². The van der Waals surface area contributed by atoms with Crippen LogP contribution in [0.15, 0.2) is 48.4 Å². The summed E-state index contributed by atoms with van der Waals surface area (Å²) >= 11 is 0. The van der Waals surface area contributed by atoms with Gasteiger partial charge in [0.15, 0.2) is 0 Å². The molecule has 1 aliphatic heterocycles. The number of allylic oxidation sites excluding steroid dienone is 1. The van der Waals surface area contributed by atoms with Crippen LogP contribution in [0.4, 0.5) is 11.6 Å². The van der Waals surface area contributed by atoms with Gasteiger partial charge in [0.05, 0.1) is 0 Å². The molecule has 0 unspecified atom stereocenters. The van der Waals surface area contributed by atoms with Crippen LogP contribution in [-0.4, -0.2) is 53.6 Å². The Bertz CT molecular complexity index is 845. The summed E-state index contributed by atoms with van der Waals surface area (Å²) in [6.45, 7) is 4.09. The van der Waals surface area contributed by atoms with E-state index in [0.717, 1.165) is 44.2 Å². The van der Waals surface area contributed by atoms with Crippen molar-refractivity contribution in [3.63, 3.8) is 0 Å². The van der Waals surface area contributed by atoms with E-state index in [2.05, 4.69) is 36.1 Å². The average molecular weight is 393 g/mol. The van der Waals surface area contributed by atoms with E-state index >= 15 is 0 Å². The molecule has 152 valence electrons. The lowest BCUT2D eigenvalue weighted by molar-refractivity contribution is 0.0949. The smallest absolute Gasteiger partial charge is 0.269 e. The Hall–Kier alpha value is -2.96. The van der Waals surface area contributed by atoms with Crippen molar-refractivity contribution in [3.8, 4) is 0 Å². The molecule has 1 amide bonds. The van der Waals surface area contributed by atoms with E-state index in [9.17, 15) is 4.79 Å². The Labute approximate surface area is 171 Å². The van der Waals surface area contributed by atoms with Crippen LogP contribution >= 0.6 is 0 Å². The zero-order chi connectivity index (χ0) is 19.9. The second kappa shape index (κ2) is 9.49. The highest BCUT2D eigenvalue weighted by molar-refractivity contribution is 5.93. The summed E-state index contributed by atoms with van der Waals surface area (Å²) in [4.78, 5) is 29.9. The Morgan fingerprint density at radius 2 is 1.79 bits per heavy atom. The zero-order valence-corrected chi connectivity index (χ0v) is 16.8. The third-order valence-corrected chi connectivity index (χ3v) is 5.57. The molecule has 0 atom stereocenters. The first kappa shape index (κ1) is 19.4. The van der Waals surface area contributed by atoms with Gasteiger partial charge in [-0.1, -0.05) is 11.6 Å². The van der Waals surface area contributed by atoms with Crippen LogP contribution in [0.5, 0.6) is 0 Å². The van der Waals surface area contributed by atoms with Crippen molar-refractivity contribution in [1.82, 2.24) is 20.3 Å². The van der Waals surface area contributed by atoms with Crippen LogP contribution in [0.25, 0.3) is 0 Å². The Morgan fingerprint density at radius 3 is 2.55 bits per heavy atom. The fourth-order valence-corrected chi connectivity index (χ4v) is 3.92. The van der Waals surface area contributed by atoms with Gasteiger partial charge in [-0.15, -0.1) is 0 Å². The zero-order valence-electron chi connectivity index (χ0n) is 16.8. The van der Waals surface area contributed by atoms with Crippen molar-refractivity contribution in [2.75, 3.05) is 42.5 Å². The topological polar surface area (TPSA) is 74.2 Å². The molecule has 0 spiro atoms. The molecule has 2 aromatic rings. The van der Waals surface area contributed by atoms with Gasteiger partial charge in [-0.2, -0.15) is 0 Å². The quantitative estimate of drug-likeness (QED) is 0.762. The summed E-state index contributed by atoms with van der Waals surface area (Å²) in [6, 6.07) is 5.69. The molecule has 4 rings (SSSR count). The highest BCUT2D eigenvalue weighted by atomic mass is 16.1. The predicted molar refractivity (Wildman–Crippen MR) is 114 cm³/mol. The van der Waals surface area contributed by atoms with Crippen molar-refractivity contribution in [1.29, 1.82) is 0 Å². The Kier molecular flexibility index (Phi) is 6.34. The maximum atomic E-state index is 12.5. The first-order valence-corrected chi connectivity index (χ1v) is 10.5. The third-order valence-electron chi connectivity index (χ3n) is 5.57. The molecule has 0 aromatic carbocycles. The fraction of sp³-hybridized carbons (Fsp3) is 0.455. The normalized spacial score (nSPS) is 17.0. The molecule has 1 aliphatic carbocycles. The van der Waals surface area contributed by atoms with Crippen molar-refractivity contribution >= 4 is 17.5 Å². The minimum Gasteiger partial charge on any atom is -0.368 e. The van der Waals surface area contributed by atoms with Gasteiger partial charge < -0.3 is 15.1 Å². The van der Waals surface area contributed by atoms with E-state index in [-0.39, 0.29) is 5.91 Å². The summed E-state index contributed by atoms with van der Waals surface area (Å²) in [5.41, 5.74) is 2.99. The second-order valence-electron chi connectivity index (χ2n) is 7.54. The van der Waals surface area contributed by atoms with Gasteiger partial charge in [-0.3, -0.25) is 9.78 Å². The average Bonchev–Trinajstić information content (AvgIpc) is 2.80. The van der Waals surface area contributed by atoms with E-state index in [4.69, 9.17) is 0 Å². The molecule has 7 heteroatoms. The number of nitrogens with zero attached hydrogens (tertiary/aromatic N) is 5. The number of piperazine rings is 1. The summed E-state index contributed by atoms with van der Waals surface area (Å²) in [5, 5.41) is 3.02. The summed E-state index contributed by atoms with van der Waals surface area (Å²) in [5.74, 6) is 0.676. The number of carbonyl (C=O) groups is 1. The van der Waals surface area contributed by atoms with Gasteiger partial charge in [0.1, 0.15) is 5.69 Å². The largest absolute Gasteiger partial charge is 0.368 e. The molecule has 0 bridgehead atoms. The van der Waals surface area contributed by atoms with Crippen LogP contribution in [-0.2, 0) is 0 Å². The highest BCUT2D eigenvalue weighted by Gasteiger charge is 2.20. The van der Waals surface area contributed by atoms with E-state index in [0.29, 0.717) is 12.2 Å². The molecule has 1 saturated heterocycles. The number of nitrogens with one attached hydrogen (secondary N) is 1. The molecular weight excluding hydrogens is 364 g/mol. The van der Waals surface area contributed by atoms with Crippen molar-refractivity contribution in [2.24, 2.45) is 0 Å². The van der Waals surface area contributed by atoms with Crippen molar-refractivity contribution < 1.29 is 4.79 Å². The molecule has 1 N–H and O–H groups in total. The standard InChI is InChI=1S/C22H28N6O/c29-21(24-11-7-18-5-2-1-3-6-18)20-17-19(8-12-23-20)27-13-15-28(16-14-27)22-25-9-4-10-26-22/h4-5,8-10,12,17H,1-3,6-7,11,13-16H2,(H,24,29). The summed E-state index contributed by atoms with van der Waals surface area (Å²) in [7, 11) is 0. The van der Waals surface area contributed by atoms with Crippen LogP contribution in [0.3, 0.4) is 0 Å². The van der Waals surface area contributed by atoms with Crippen LogP contribution < -0.4 is 15.1 Å². The molecule has 2 aromatic heterocycles. The molecule has 29 heavy (non-hydrogen) atoms. The lowest BCUT2D eigenvalue weighted by Gasteiger charge is -2.36. The Balaban J connectivity index is 1.30.